The monoisotopic (exact) mass is 590 g/mol. The van der Waals surface area contributed by atoms with Gasteiger partial charge in [-0.2, -0.15) is 0 Å². The van der Waals surface area contributed by atoms with Gasteiger partial charge < -0.3 is 30.6 Å². The summed E-state index contributed by atoms with van der Waals surface area (Å²) >= 11 is 0. The van der Waals surface area contributed by atoms with Crippen LogP contribution in [0.2, 0.25) is 0 Å². The van der Waals surface area contributed by atoms with Crippen LogP contribution in [0.25, 0.3) is 11.6 Å². The van der Waals surface area contributed by atoms with E-state index in [-0.39, 0.29) is 23.1 Å². The van der Waals surface area contributed by atoms with Crippen molar-refractivity contribution in [1.82, 2.24) is 20.5 Å². The summed E-state index contributed by atoms with van der Waals surface area (Å²) in [5.41, 5.74) is 4.01. The molecule has 1 aliphatic heterocycles. The maximum Gasteiger partial charge on any atom is 0.326 e. The van der Waals surface area contributed by atoms with E-state index < -0.39 is 17.8 Å². The molecule has 0 spiro atoms. The fraction of sp³-hybridized carbons (Fsp3) is 0.290. The standard InChI is InChI=1S/C31H35FN6O5/c1-6-38(7-2)13-12-33-30(41)27-17(3)25(34-18(27)4)16-23-21-10-8-19(14-26(21)36-29(23)40)35-31(42)37-28(39)22-11-9-20(43-5)15-24(22)32/h8-11,14-16,34H,6-7,12-13H2,1-5H3,(H,33,41)(H,36,40)(H2,35,37,39,42). The highest BCUT2D eigenvalue weighted by molar-refractivity contribution is 6.35. The molecule has 5 N–H and O–H groups in total. The molecule has 0 saturated carbocycles. The number of nitrogens with zero attached hydrogens (tertiary/aromatic N) is 1. The molecule has 0 atom stereocenters. The smallest absolute Gasteiger partial charge is 0.326 e. The maximum absolute atomic E-state index is 14.2. The lowest BCUT2D eigenvalue weighted by molar-refractivity contribution is -0.110. The number of H-pyrrole nitrogens is 1. The van der Waals surface area contributed by atoms with Crippen molar-refractivity contribution < 1.29 is 28.3 Å². The fourth-order valence-electron chi connectivity index (χ4n) is 4.91. The third-order valence-electron chi connectivity index (χ3n) is 7.31. The molecule has 1 aromatic heterocycles. The molecule has 2 aromatic carbocycles. The third kappa shape index (κ3) is 6.92. The maximum atomic E-state index is 14.2. The number of carbonyl (C=O) groups is 4. The van der Waals surface area contributed by atoms with Crippen molar-refractivity contribution in [3.05, 3.63) is 75.9 Å². The highest BCUT2D eigenvalue weighted by atomic mass is 19.1. The average Bonchev–Trinajstić information content (AvgIpc) is 3.43. The van der Waals surface area contributed by atoms with Crippen molar-refractivity contribution in [2.24, 2.45) is 0 Å². The van der Waals surface area contributed by atoms with Gasteiger partial charge in [0, 0.05) is 41.8 Å². The molecule has 2 heterocycles. The Bertz CT molecular complexity index is 1610. The largest absolute Gasteiger partial charge is 0.497 e. The van der Waals surface area contributed by atoms with Crippen LogP contribution in [0.15, 0.2) is 36.4 Å². The van der Waals surface area contributed by atoms with E-state index in [0.717, 1.165) is 31.3 Å². The number of fused-ring (bicyclic) bond motifs is 1. The van der Waals surface area contributed by atoms with Crippen LogP contribution in [0.1, 0.15) is 57.1 Å². The number of urea groups is 1. The van der Waals surface area contributed by atoms with Crippen LogP contribution >= 0.6 is 0 Å². The zero-order valence-corrected chi connectivity index (χ0v) is 24.7. The van der Waals surface area contributed by atoms with Crippen molar-refractivity contribution in [2.75, 3.05) is 43.9 Å². The first-order valence-corrected chi connectivity index (χ1v) is 13.9. The minimum atomic E-state index is -0.925. The zero-order chi connectivity index (χ0) is 31.3. The number of carbonyl (C=O) groups excluding carboxylic acids is 4. The second kappa shape index (κ2) is 13.3. The van der Waals surface area contributed by atoms with Crippen molar-refractivity contribution in [3.63, 3.8) is 0 Å². The van der Waals surface area contributed by atoms with E-state index in [0.29, 0.717) is 46.0 Å². The summed E-state index contributed by atoms with van der Waals surface area (Å²) in [4.78, 5) is 56.1. The molecular formula is C31H35FN6O5. The Morgan fingerprint density at radius 1 is 1.05 bits per heavy atom. The van der Waals surface area contributed by atoms with Crippen LogP contribution in [0, 0.1) is 19.7 Å². The SMILES string of the molecule is CCN(CC)CCNC(=O)c1c(C)[nH]c(C=C2C(=O)Nc3cc(NC(=O)NC(=O)c4ccc(OC)cc4F)ccc32)c1C. The van der Waals surface area contributed by atoms with Crippen molar-refractivity contribution >= 4 is 46.8 Å². The molecule has 3 aromatic rings. The molecule has 0 bridgehead atoms. The summed E-state index contributed by atoms with van der Waals surface area (Å²) in [5, 5.41) is 10.3. The number of benzene rings is 2. The van der Waals surface area contributed by atoms with E-state index in [1.165, 1.54) is 19.2 Å². The Morgan fingerprint density at radius 3 is 2.47 bits per heavy atom. The molecular weight excluding hydrogens is 555 g/mol. The Kier molecular flexibility index (Phi) is 9.61. The van der Waals surface area contributed by atoms with Gasteiger partial charge in [0.25, 0.3) is 17.7 Å². The second-order valence-electron chi connectivity index (χ2n) is 9.97. The van der Waals surface area contributed by atoms with Gasteiger partial charge in [-0.3, -0.25) is 19.7 Å². The number of hydrogen-bond donors (Lipinski definition) is 5. The van der Waals surface area contributed by atoms with Gasteiger partial charge in [0.1, 0.15) is 11.6 Å². The third-order valence-corrected chi connectivity index (χ3v) is 7.31. The fourth-order valence-corrected chi connectivity index (χ4v) is 4.91. The van der Waals surface area contributed by atoms with Gasteiger partial charge in [-0.25, -0.2) is 9.18 Å². The van der Waals surface area contributed by atoms with Gasteiger partial charge >= 0.3 is 6.03 Å². The number of aromatic nitrogens is 1. The first-order chi connectivity index (χ1) is 20.6. The van der Waals surface area contributed by atoms with Crippen LogP contribution in [-0.2, 0) is 4.79 Å². The summed E-state index contributed by atoms with van der Waals surface area (Å²) in [6.07, 6.45) is 1.69. The minimum absolute atomic E-state index is 0.179. The summed E-state index contributed by atoms with van der Waals surface area (Å²) in [7, 11) is 1.37. The lowest BCUT2D eigenvalue weighted by Crippen LogP contribution is -2.35. The molecule has 43 heavy (non-hydrogen) atoms. The lowest BCUT2D eigenvalue weighted by Gasteiger charge is -2.18. The number of methoxy groups -OCH3 is 1. The molecule has 0 fully saturated rings. The van der Waals surface area contributed by atoms with Gasteiger partial charge in [0.15, 0.2) is 0 Å². The highest BCUT2D eigenvalue weighted by Gasteiger charge is 2.26. The molecule has 1 aliphatic rings. The first-order valence-electron chi connectivity index (χ1n) is 13.9. The van der Waals surface area contributed by atoms with Crippen molar-refractivity contribution in [1.29, 1.82) is 0 Å². The molecule has 12 heteroatoms. The quantitative estimate of drug-likeness (QED) is 0.223. The van der Waals surface area contributed by atoms with E-state index in [9.17, 15) is 23.6 Å². The number of aromatic amines is 1. The topological polar surface area (TPSA) is 145 Å². The van der Waals surface area contributed by atoms with E-state index in [1.54, 1.807) is 24.3 Å². The molecule has 11 nitrogen and oxygen atoms in total. The summed E-state index contributed by atoms with van der Waals surface area (Å²) < 4.78 is 19.1. The Morgan fingerprint density at radius 2 is 1.79 bits per heavy atom. The first kappa shape index (κ1) is 31.0. The molecule has 0 saturated heterocycles. The number of ether oxygens (including phenoxy) is 1. The van der Waals surface area contributed by atoms with Gasteiger partial charge in [0.05, 0.1) is 29.5 Å². The highest BCUT2D eigenvalue weighted by Crippen LogP contribution is 2.35. The van der Waals surface area contributed by atoms with E-state index >= 15 is 0 Å². The molecule has 0 unspecified atom stereocenters. The molecule has 4 rings (SSSR count). The number of aryl methyl sites for hydroxylation is 1. The van der Waals surface area contributed by atoms with Gasteiger partial charge in [0.2, 0.25) is 0 Å². The molecule has 5 amide bonds. The molecule has 0 radical (unpaired) electrons. The van der Waals surface area contributed by atoms with Gasteiger partial charge in [-0.05, 0) is 62.8 Å². The van der Waals surface area contributed by atoms with E-state index in [2.05, 4.69) is 45.0 Å². The van der Waals surface area contributed by atoms with Crippen molar-refractivity contribution in [2.45, 2.75) is 27.7 Å². The molecule has 0 aliphatic carbocycles. The number of nitrogens with one attached hydrogen (secondary N) is 5. The van der Waals surface area contributed by atoms with Crippen LogP contribution in [0.4, 0.5) is 20.6 Å². The number of likely N-dealkylation sites (N-methyl/N-ethyl adjacent to an activating group) is 1. The average molecular weight is 591 g/mol. The van der Waals surface area contributed by atoms with Crippen LogP contribution in [-0.4, -0.2) is 66.9 Å². The molecule has 226 valence electrons. The van der Waals surface area contributed by atoms with Gasteiger partial charge in [-0.15, -0.1) is 0 Å². The Balaban J connectivity index is 1.45. The summed E-state index contributed by atoms with van der Waals surface area (Å²) in [6.45, 7) is 10.9. The van der Waals surface area contributed by atoms with Crippen LogP contribution in [0.3, 0.4) is 0 Å². The van der Waals surface area contributed by atoms with Crippen LogP contribution in [0.5, 0.6) is 5.75 Å². The normalized spacial score (nSPS) is 13.1. The Hall–Kier alpha value is -4.97. The number of imide groups is 1. The number of rotatable bonds is 10. The van der Waals surface area contributed by atoms with Crippen LogP contribution < -0.4 is 26.0 Å². The van der Waals surface area contributed by atoms with E-state index in [1.807, 2.05) is 13.8 Å². The van der Waals surface area contributed by atoms with Gasteiger partial charge in [-0.1, -0.05) is 19.9 Å². The second-order valence-corrected chi connectivity index (χ2v) is 9.97. The number of anilines is 2. The number of hydrogen-bond acceptors (Lipinski definition) is 6. The van der Waals surface area contributed by atoms with Crippen molar-refractivity contribution in [3.8, 4) is 5.75 Å². The predicted molar refractivity (Wildman–Crippen MR) is 163 cm³/mol. The summed E-state index contributed by atoms with van der Waals surface area (Å²) in [5.74, 6) is -2.05. The summed E-state index contributed by atoms with van der Waals surface area (Å²) in [6, 6.07) is 7.57. The number of amides is 5. The number of halogens is 1. The van der Waals surface area contributed by atoms with E-state index in [4.69, 9.17) is 4.74 Å². The Labute approximate surface area is 248 Å². The zero-order valence-electron chi connectivity index (χ0n) is 24.7. The predicted octanol–water partition coefficient (Wildman–Crippen LogP) is 4.31. The lowest BCUT2D eigenvalue weighted by atomic mass is 10.0. The minimum Gasteiger partial charge on any atom is -0.497 e.